The summed E-state index contributed by atoms with van der Waals surface area (Å²) in [6, 6.07) is 19.6. The molecule has 0 spiro atoms. The van der Waals surface area contributed by atoms with Crippen LogP contribution in [0.15, 0.2) is 60.8 Å². The summed E-state index contributed by atoms with van der Waals surface area (Å²) in [4.78, 5) is 6.79. The van der Waals surface area contributed by atoms with Gasteiger partial charge in [-0.3, -0.25) is 0 Å². The van der Waals surface area contributed by atoms with Crippen LogP contribution in [0.25, 0.3) is 43.5 Å². The Bertz CT molecular complexity index is 1100. The number of aromatic amines is 2. The number of para-hydroxylation sites is 1. The van der Waals surface area contributed by atoms with E-state index in [1.807, 2.05) is 6.20 Å². The first kappa shape index (κ1) is 10.1. The van der Waals surface area contributed by atoms with Gasteiger partial charge in [0.1, 0.15) is 0 Å². The van der Waals surface area contributed by atoms with E-state index in [2.05, 4.69) is 64.6 Å². The van der Waals surface area contributed by atoms with E-state index in [9.17, 15) is 0 Å². The summed E-state index contributed by atoms with van der Waals surface area (Å²) in [5.41, 5.74) is 3.59. The quantitative estimate of drug-likeness (QED) is 0.392. The molecule has 94 valence electrons. The van der Waals surface area contributed by atoms with Gasteiger partial charge in [-0.2, -0.15) is 0 Å². The van der Waals surface area contributed by atoms with Gasteiger partial charge in [-0.25, -0.2) is 0 Å². The molecule has 0 amide bonds. The van der Waals surface area contributed by atoms with Crippen LogP contribution < -0.4 is 0 Å². The third-order valence-corrected chi connectivity index (χ3v) is 4.13. The molecule has 0 aliphatic carbocycles. The summed E-state index contributed by atoms with van der Waals surface area (Å²) in [7, 11) is 0. The molecule has 0 radical (unpaired) electrons. The zero-order chi connectivity index (χ0) is 13.1. The van der Waals surface area contributed by atoms with Crippen molar-refractivity contribution in [3.05, 3.63) is 60.8 Å². The van der Waals surface area contributed by atoms with Crippen molar-refractivity contribution in [3.63, 3.8) is 0 Å². The van der Waals surface area contributed by atoms with Crippen molar-refractivity contribution in [1.29, 1.82) is 0 Å². The van der Waals surface area contributed by atoms with Crippen LogP contribution in [0.5, 0.6) is 0 Å². The van der Waals surface area contributed by atoms with Crippen LogP contribution in [0.3, 0.4) is 0 Å². The van der Waals surface area contributed by atoms with E-state index < -0.39 is 0 Å². The molecule has 0 saturated heterocycles. The Balaban J connectivity index is 2.02. The Morgan fingerprint density at radius 2 is 1.45 bits per heavy atom. The Hall–Kier alpha value is -2.74. The van der Waals surface area contributed by atoms with E-state index in [0.717, 1.165) is 0 Å². The molecule has 0 atom stereocenters. The lowest BCUT2D eigenvalue weighted by Gasteiger charge is -2.00. The van der Waals surface area contributed by atoms with Gasteiger partial charge in [-0.05, 0) is 52.6 Å². The smallest absolute Gasteiger partial charge is 0.0471 e. The van der Waals surface area contributed by atoms with E-state index in [1.165, 1.54) is 43.5 Å². The highest BCUT2D eigenvalue weighted by molar-refractivity contribution is 6.13. The molecule has 2 N–H and O–H groups in total. The maximum Gasteiger partial charge on any atom is 0.0471 e. The number of benzene rings is 3. The summed E-state index contributed by atoms with van der Waals surface area (Å²) in [5.74, 6) is 0. The highest BCUT2D eigenvalue weighted by atomic mass is 14.7. The largest absolute Gasteiger partial charge is 0.361 e. The Labute approximate surface area is 115 Å². The monoisotopic (exact) mass is 256 g/mol. The zero-order valence-electron chi connectivity index (χ0n) is 10.8. The third kappa shape index (κ3) is 1.23. The third-order valence-electron chi connectivity index (χ3n) is 4.13. The number of hydrogen-bond donors (Lipinski definition) is 2. The predicted octanol–water partition coefficient (Wildman–Crippen LogP) is 4.96. The maximum absolute atomic E-state index is 3.50. The van der Waals surface area contributed by atoms with Crippen LogP contribution in [0.1, 0.15) is 0 Å². The maximum atomic E-state index is 3.50. The van der Waals surface area contributed by atoms with Gasteiger partial charge in [0.05, 0.1) is 0 Å². The standard InChI is InChI=1S/C18H12N2/c1-2-4-16-14(3-1)15-8-13-9-17-11(5-6-19-17)7-12(13)10-18(15)20-16/h1-10,19-20H. The molecular formula is C18H12N2. The van der Waals surface area contributed by atoms with Gasteiger partial charge >= 0.3 is 0 Å². The zero-order valence-corrected chi connectivity index (χ0v) is 10.8. The summed E-state index contributed by atoms with van der Waals surface area (Å²) >= 11 is 0. The van der Waals surface area contributed by atoms with Gasteiger partial charge in [-0.1, -0.05) is 18.2 Å². The van der Waals surface area contributed by atoms with Gasteiger partial charge in [0.25, 0.3) is 0 Å². The van der Waals surface area contributed by atoms with E-state index in [-0.39, 0.29) is 0 Å². The molecule has 5 rings (SSSR count). The van der Waals surface area contributed by atoms with Gasteiger partial charge in [0, 0.05) is 33.5 Å². The molecule has 0 bridgehead atoms. The minimum Gasteiger partial charge on any atom is -0.361 e. The van der Waals surface area contributed by atoms with Crippen LogP contribution >= 0.6 is 0 Å². The van der Waals surface area contributed by atoms with E-state index in [0.29, 0.717) is 0 Å². The fraction of sp³-hybridized carbons (Fsp3) is 0. The molecule has 2 nitrogen and oxygen atoms in total. The Kier molecular flexibility index (Phi) is 1.73. The average Bonchev–Trinajstić information content (AvgIpc) is 3.05. The minimum atomic E-state index is 1.19. The predicted molar refractivity (Wildman–Crippen MR) is 85.2 cm³/mol. The first-order valence-corrected chi connectivity index (χ1v) is 6.80. The summed E-state index contributed by atoms with van der Waals surface area (Å²) in [6.07, 6.45) is 1.99. The molecular weight excluding hydrogens is 244 g/mol. The van der Waals surface area contributed by atoms with Crippen LogP contribution in [-0.2, 0) is 0 Å². The van der Waals surface area contributed by atoms with E-state index in [4.69, 9.17) is 0 Å². The summed E-state index contributed by atoms with van der Waals surface area (Å²) in [5, 5.41) is 6.39. The number of aromatic nitrogens is 2. The molecule has 0 aliphatic heterocycles. The average molecular weight is 256 g/mol. The molecule has 20 heavy (non-hydrogen) atoms. The number of hydrogen-bond acceptors (Lipinski definition) is 0. The summed E-state index contributed by atoms with van der Waals surface area (Å²) in [6.45, 7) is 0. The SMILES string of the molecule is c1ccc2c(c1)[nH]c1cc3cc4cc[nH]c4cc3cc12. The van der Waals surface area contributed by atoms with Crippen molar-refractivity contribution >= 4 is 43.5 Å². The lowest BCUT2D eigenvalue weighted by atomic mass is 10.0. The van der Waals surface area contributed by atoms with Crippen molar-refractivity contribution in [2.75, 3.05) is 0 Å². The second-order valence-corrected chi connectivity index (χ2v) is 5.33. The van der Waals surface area contributed by atoms with Crippen molar-refractivity contribution < 1.29 is 0 Å². The van der Waals surface area contributed by atoms with Crippen molar-refractivity contribution in [1.82, 2.24) is 9.97 Å². The Morgan fingerprint density at radius 1 is 0.600 bits per heavy atom. The van der Waals surface area contributed by atoms with Crippen molar-refractivity contribution in [3.8, 4) is 0 Å². The van der Waals surface area contributed by atoms with E-state index in [1.54, 1.807) is 0 Å². The van der Waals surface area contributed by atoms with Gasteiger partial charge in [0.2, 0.25) is 0 Å². The second kappa shape index (κ2) is 3.42. The first-order valence-electron chi connectivity index (χ1n) is 6.80. The second-order valence-electron chi connectivity index (χ2n) is 5.33. The van der Waals surface area contributed by atoms with Gasteiger partial charge in [-0.15, -0.1) is 0 Å². The summed E-state index contributed by atoms with van der Waals surface area (Å²) < 4.78 is 0. The molecule has 5 aromatic rings. The van der Waals surface area contributed by atoms with Crippen LogP contribution in [0.4, 0.5) is 0 Å². The highest BCUT2D eigenvalue weighted by Gasteiger charge is 2.06. The molecule has 2 aromatic heterocycles. The normalized spacial score (nSPS) is 12.0. The van der Waals surface area contributed by atoms with Crippen LogP contribution in [-0.4, -0.2) is 9.97 Å². The molecule has 0 fully saturated rings. The fourth-order valence-electron chi connectivity index (χ4n) is 3.15. The topological polar surface area (TPSA) is 31.6 Å². The lowest BCUT2D eigenvalue weighted by Crippen LogP contribution is -1.75. The number of fused-ring (bicyclic) bond motifs is 5. The van der Waals surface area contributed by atoms with Gasteiger partial charge in [0.15, 0.2) is 0 Å². The Morgan fingerprint density at radius 3 is 2.45 bits per heavy atom. The number of nitrogens with one attached hydrogen (secondary N) is 2. The highest BCUT2D eigenvalue weighted by Crippen LogP contribution is 2.31. The van der Waals surface area contributed by atoms with Crippen molar-refractivity contribution in [2.24, 2.45) is 0 Å². The van der Waals surface area contributed by atoms with Crippen LogP contribution in [0, 0.1) is 0 Å². The number of rotatable bonds is 0. The molecule has 2 heterocycles. The molecule has 0 unspecified atom stereocenters. The minimum absolute atomic E-state index is 1.19. The first-order chi connectivity index (χ1) is 9.88. The lowest BCUT2D eigenvalue weighted by molar-refractivity contribution is 1.48. The van der Waals surface area contributed by atoms with Gasteiger partial charge < -0.3 is 9.97 Å². The number of H-pyrrole nitrogens is 2. The molecule has 2 heteroatoms. The van der Waals surface area contributed by atoms with E-state index >= 15 is 0 Å². The molecule has 3 aromatic carbocycles. The van der Waals surface area contributed by atoms with Crippen LogP contribution in [0.2, 0.25) is 0 Å². The molecule has 0 aliphatic rings. The fourth-order valence-corrected chi connectivity index (χ4v) is 3.15. The molecule has 0 saturated carbocycles. The van der Waals surface area contributed by atoms with Crippen molar-refractivity contribution in [2.45, 2.75) is 0 Å².